The molecule has 3 amide bonds. The van der Waals surface area contributed by atoms with Crippen LogP contribution in [0, 0.1) is 5.92 Å². The molecule has 0 bridgehead atoms. The number of nitrogens with one attached hydrogen (secondary N) is 1. The third kappa shape index (κ3) is 5.79. The Bertz CT molecular complexity index is 615. The standard InChI is InChI=1S/C16H22N2O6/c1-9(2)8-23-12-6-5-11(7-13(12)22-4)15(20)24-10(3)14(19)18-16(17)21/h5-7,9-10H,8H2,1-4H3,(H3,17,18,19,21)/t10-/m1/s1. The summed E-state index contributed by atoms with van der Waals surface area (Å²) in [6.07, 6.45) is -1.17. The number of esters is 1. The Morgan fingerprint density at radius 2 is 1.83 bits per heavy atom. The molecule has 0 saturated carbocycles. The summed E-state index contributed by atoms with van der Waals surface area (Å²) in [5.41, 5.74) is 5.02. The molecule has 0 spiro atoms. The summed E-state index contributed by atoms with van der Waals surface area (Å²) in [4.78, 5) is 34.2. The van der Waals surface area contributed by atoms with Gasteiger partial charge in [0, 0.05) is 0 Å². The number of urea groups is 1. The van der Waals surface area contributed by atoms with Gasteiger partial charge in [-0.2, -0.15) is 0 Å². The number of hydrogen-bond acceptors (Lipinski definition) is 6. The smallest absolute Gasteiger partial charge is 0.339 e. The molecule has 1 aromatic rings. The SMILES string of the molecule is COc1cc(C(=O)O[C@H](C)C(=O)NC(N)=O)ccc1OCC(C)C. The van der Waals surface area contributed by atoms with E-state index in [1.807, 2.05) is 19.2 Å². The minimum Gasteiger partial charge on any atom is -0.493 e. The number of carbonyl (C=O) groups excluding carboxylic acids is 3. The molecule has 0 aliphatic rings. The number of nitrogens with two attached hydrogens (primary N) is 1. The molecule has 8 heteroatoms. The molecule has 0 radical (unpaired) electrons. The van der Waals surface area contributed by atoms with Crippen molar-refractivity contribution in [1.82, 2.24) is 5.32 Å². The number of imide groups is 1. The molecule has 132 valence electrons. The van der Waals surface area contributed by atoms with Crippen LogP contribution in [0.2, 0.25) is 0 Å². The second-order valence-corrected chi connectivity index (χ2v) is 5.47. The van der Waals surface area contributed by atoms with Crippen LogP contribution in [0.1, 0.15) is 31.1 Å². The van der Waals surface area contributed by atoms with Gasteiger partial charge in [-0.3, -0.25) is 10.1 Å². The minimum atomic E-state index is -1.17. The number of carbonyl (C=O) groups is 3. The summed E-state index contributed by atoms with van der Waals surface area (Å²) in [5, 5.41) is 1.84. The highest BCUT2D eigenvalue weighted by molar-refractivity contribution is 5.98. The number of ether oxygens (including phenoxy) is 3. The first-order valence-electron chi connectivity index (χ1n) is 7.36. The maximum Gasteiger partial charge on any atom is 0.339 e. The maximum absolute atomic E-state index is 12.1. The summed E-state index contributed by atoms with van der Waals surface area (Å²) in [7, 11) is 1.45. The van der Waals surface area contributed by atoms with Crippen LogP contribution in [0.4, 0.5) is 4.79 Å². The molecule has 0 aromatic heterocycles. The molecule has 1 atom stereocenters. The molecule has 1 rings (SSSR count). The number of hydrogen-bond donors (Lipinski definition) is 2. The monoisotopic (exact) mass is 338 g/mol. The zero-order valence-electron chi connectivity index (χ0n) is 14.1. The fraction of sp³-hybridized carbons (Fsp3) is 0.438. The van der Waals surface area contributed by atoms with Crippen molar-refractivity contribution >= 4 is 17.9 Å². The fourth-order valence-electron chi connectivity index (χ4n) is 1.68. The van der Waals surface area contributed by atoms with Crippen molar-refractivity contribution in [3.63, 3.8) is 0 Å². The third-order valence-corrected chi connectivity index (χ3v) is 2.87. The molecule has 0 heterocycles. The van der Waals surface area contributed by atoms with Gasteiger partial charge in [-0.25, -0.2) is 9.59 Å². The van der Waals surface area contributed by atoms with Crippen molar-refractivity contribution < 1.29 is 28.6 Å². The summed E-state index contributed by atoms with van der Waals surface area (Å²) >= 11 is 0. The van der Waals surface area contributed by atoms with Crippen LogP contribution < -0.4 is 20.5 Å². The molecule has 0 fully saturated rings. The third-order valence-electron chi connectivity index (χ3n) is 2.87. The van der Waals surface area contributed by atoms with Crippen LogP contribution >= 0.6 is 0 Å². The highest BCUT2D eigenvalue weighted by atomic mass is 16.5. The van der Waals surface area contributed by atoms with Crippen molar-refractivity contribution in [2.45, 2.75) is 26.9 Å². The molecule has 0 aliphatic heterocycles. The topological polar surface area (TPSA) is 117 Å². The fourth-order valence-corrected chi connectivity index (χ4v) is 1.68. The van der Waals surface area contributed by atoms with Gasteiger partial charge in [0.15, 0.2) is 17.6 Å². The van der Waals surface area contributed by atoms with E-state index in [1.54, 1.807) is 6.07 Å². The Balaban J connectivity index is 2.80. The summed E-state index contributed by atoms with van der Waals surface area (Å²) in [5.74, 6) is -0.332. The van der Waals surface area contributed by atoms with E-state index in [9.17, 15) is 14.4 Å². The predicted molar refractivity (Wildman–Crippen MR) is 85.9 cm³/mol. The van der Waals surface area contributed by atoms with Gasteiger partial charge in [0.1, 0.15) is 0 Å². The highest BCUT2D eigenvalue weighted by Gasteiger charge is 2.21. The first-order valence-corrected chi connectivity index (χ1v) is 7.36. The first kappa shape index (κ1) is 19.3. The van der Waals surface area contributed by atoms with E-state index >= 15 is 0 Å². The quantitative estimate of drug-likeness (QED) is 0.727. The van der Waals surface area contributed by atoms with Gasteiger partial charge in [-0.15, -0.1) is 0 Å². The molecule has 8 nitrogen and oxygen atoms in total. The molecular formula is C16H22N2O6. The van der Waals surface area contributed by atoms with Gasteiger partial charge >= 0.3 is 12.0 Å². The van der Waals surface area contributed by atoms with Crippen LogP contribution in [-0.2, 0) is 9.53 Å². The van der Waals surface area contributed by atoms with Gasteiger partial charge in [-0.05, 0) is 31.0 Å². The van der Waals surface area contributed by atoms with Crippen LogP contribution in [-0.4, -0.2) is 37.7 Å². The number of primary amides is 1. The molecule has 0 unspecified atom stereocenters. The van der Waals surface area contributed by atoms with Crippen molar-refractivity contribution in [2.24, 2.45) is 11.7 Å². The zero-order chi connectivity index (χ0) is 18.3. The number of amides is 3. The Kier molecular flexibility index (Phi) is 7.03. The Morgan fingerprint density at radius 3 is 2.38 bits per heavy atom. The molecule has 1 aromatic carbocycles. The van der Waals surface area contributed by atoms with E-state index in [1.165, 1.54) is 26.2 Å². The Labute approximate surface area is 140 Å². The van der Waals surface area contributed by atoms with E-state index in [-0.39, 0.29) is 5.56 Å². The van der Waals surface area contributed by atoms with Crippen molar-refractivity contribution in [3.8, 4) is 11.5 Å². The lowest BCUT2D eigenvalue weighted by Gasteiger charge is -2.15. The van der Waals surface area contributed by atoms with E-state index in [0.717, 1.165) is 0 Å². The van der Waals surface area contributed by atoms with E-state index in [2.05, 4.69) is 0 Å². The molecule has 0 saturated heterocycles. The van der Waals surface area contributed by atoms with Crippen molar-refractivity contribution in [2.75, 3.05) is 13.7 Å². The van der Waals surface area contributed by atoms with Crippen LogP contribution in [0.25, 0.3) is 0 Å². The summed E-state index contributed by atoms with van der Waals surface area (Å²) in [6, 6.07) is 3.53. The van der Waals surface area contributed by atoms with Gasteiger partial charge in [0.2, 0.25) is 0 Å². The van der Waals surface area contributed by atoms with Crippen LogP contribution in [0.3, 0.4) is 0 Å². The normalized spacial score (nSPS) is 11.5. The average molecular weight is 338 g/mol. The van der Waals surface area contributed by atoms with Gasteiger partial charge in [-0.1, -0.05) is 13.8 Å². The number of benzene rings is 1. The van der Waals surface area contributed by atoms with Crippen LogP contribution in [0.15, 0.2) is 18.2 Å². The minimum absolute atomic E-state index is 0.183. The second-order valence-electron chi connectivity index (χ2n) is 5.47. The summed E-state index contributed by atoms with van der Waals surface area (Å²) < 4.78 is 15.8. The highest BCUT2D eigenvalue weighted by Crippen LogP contribution is 2.28. The molecular weight excluding hydrogens is 316 g/mol. The molecule has 0 aliphatic carbocycles. The lowest BCUT2D eigenvalue weighted by Crippen LogP contribution is -2.42. The van der Waals surface area contributed by atoms with E-state index in [4.69, 9.17) is 19.9 Å². The lowest BCUT2D eigenvalue weighted by molar-refractivity contribution is -0.127. The molecule has 24 heavy (non-hydrogen) atoms. The van der Waals surface area contributed by atoms with E-state index < -0.39 is 24.0 Å². The Morgan fingerprint density at radius 1 is 1.17 bits per heavy atom. The zero-order valence-corrected chi connectivity index (χ0v) is 14.1. The first-order chi connectivity index (χ1) is 11.2. The van der Waals surface area contributed by atoms with Crippen LogP contribution in [0.5, 0.6) is 11.5 Å². The predicted octanol–water partition coefficient (Wildman–Crippen LogP) is 1.47. The Hall–Kier alpha value is -2.77. The van der Waals surface area contributed by atoms with E-state index in [0.29, 0.717) is 24.0 Å². The van der Waals surface area contributed by atoms with Gasteiger partial charge in [0.25, 0.3) is 5.91 Å². The second kappa shape index (κ2) is 8.76. The summed E-state index contributed by atoms with van der Waals surface area (Å²) in [6.45, 7) is 5.85. The lowest BCUT2D eigenvalue weighted by atomic mass is 10.2. The largest absolute Gasteiger partial charge is 0.493 e. The number of rotatable bonds is 7. The average Bonchev–Trinajstić information content (AvgIpc) is 2.51. The van der Waals surface area contributed by atoms with Crippen molar-refractivity contribution in [3.05, 3.63) is 23.8 Å². The van der Waals surface area contributed by atoms with Gasteiger partial charge < -0.3 is 19.9 Å². The van der Waals surface area contributed by atoms with Crippen molar-refractivity contribution in [1.29, 1.82) is 0 Å². The number of methoxy groups -OCH3 is 1. The maximum atomic E-state index is 12.1. The van der Waals surface area contributed by atoms with Gasteiger partial charge in [0.05, 0.1) is 19.3 Å². The molecule has 3 N–H and O–H groups in total.